The largest absolute Gasteiger partial charge is 0.478 e. The van der Waals surface area contributed by atoms with Crippen LogP contribution in [-0.2, 0) is 25.5 Å². The summed E-state index contributed by atoms with van der Waals surface area (Å²) in [4.78, 5) is 34.5. The van der Waals surface area contributed by atoms with Gasteiger partial charge in [-0.2, -0.15) is 0 Å². The summed E-state index contributed by atoms with van der Waals surface area (Å²) in [5.74, 6) is -2.48. The van der Waals surface area contributed by atoms with Crippen LogP contribution in [0.4, 0.5) is 0 Å². The van der Waals surface area contributed by atoms with Gasteiger partial charge < -0.3 is 15.2 Å². The Bertz CT molecular complexity index is 587. The molecule has 6 nitrogen and oxygen atoms in total. The highest BCUT2D eigenvalue weighted by Gasteiger charge is 2.26. The predicted octanol–water partition coefficient (Wildman–Crippen LogP) is 1.70. The van der Waals surface area contributed by atoms with Crippen molar-refractivity contribution >= 4 is 17.8 Å². The van der Waals surface area contributed by atoms with Gasteiger partial charge in [0.1, 0.15) is 11.6 Å². The quantitative estimate of drug-likeness (QED) is 0.615. The van der Waals surface area contributed by atoms with Gasteiger partial charge in [0.2, 0.25) is 5.91 Å². The van der Waals surface area contributed by atoms with E-state index in [-0.39, 0.29) is 6.42 Å². The molecule has 0 bridgehead atoms. The van der Waals surface area contributed by atoms with Crippen molar-refractivity contribution in [3.63, 3.8) is 0 Å². The lowest BCUT2D eigenvalue weighted by atomic mass is 10.1. The molecule has 1 amide bonds. The first-order chi connectivity index (χ1) is 10.7. The Hall–Kier alpha value is -2.63. The molecule has 1 aromatic carbocycles. The van der Waals surface area contributed by atoms with Gasteiger partial charge in [-0.05, 0) is 26.3 Å². The minimum atomic E-state index is -1.24. The molecule has 1 aromatic rings. The second kappa shape index (κ2) is 8.12. The third kappa shape index (κ3) is 7.80. The number of esters is 1. The monoisotopic (exact) mass is 319 g/mol. The van der Waals surface area contributed by atoms with Crippen molar-refractivity contribution in [3.8, 4) is 0 Å². The van der Waals surface area contributed by atoms with Gasteiger partial charge in [-0.1, -0.05) is 30.3 Å². The van der Waals surface area contributed by atoms with Crippen LogP contribution in [0, 0.1) is 0 Å². The molecule has 0 heterocycles. The summed E-state index contributed by atoms with van der Waals surface area (Å²) in [5.41, 5.74) is 0.166. The zero-order valence-corrected chi connectivity index (χ0v) is 13.4. The van der Waals surface area contributed by atoms with Crippen molar-refractivity contribution in [3.05, 3.63) is 48.0 Å². The lowest BCUT2D eigenvalue weighted by Crippen LogP contribution is -2.45. The van der Waals surface area contributed by atoms with Crippen LogP contribution >= 0.6 is 0 Å². The van der Waals surface area contributed by atoms with Gasteiger partial charge in [0, 0.05) is 18.6 Å². The number of nitrogens with one attached hydrogen (secondary N) is 1. The number of benzene rings is 1. The first kappa shape index (κ1) is 18.4. The van der Waals surface area contributed by atoms with Gasteiger partial charge in [0.05, 0.1) is 0 Å². The van der Waals surface area contributed by atoms with Crippen LogP contribution in [0.3, 0.4) is 0 Å². The molecule has 1 unspecified atom stereocenters. The van der Waals surface area contributed by atoms with E-state index in [0.29, 0.717) is 6.08 Å². The van der Waals surface area contributed by atoms with Gasteiger partial charge in [-0.25, -0.2) is 9.59 Å². The van der Waals surface area contributed by atoms with Crippen molar-refractivity contribution in [1.29, 1.82) is 0 Å². The van der Waals surface area contributed by atoms with E-state index in [9.17, 15) is 14.4 Å². The number of carboxylic acids is 1. The Morgan fingerprint density at radius 1 is 1.17 bits per heavy atom. The third-order valence-corrected chi connectivity index (χ3v) is 2.67. The normalized spacial score (nSPS) is 12.7. The fraction of sp³-hybridized carbons (Fsp3) is 0.353. The molecule has 1 rings (SSSR count). The van der Waals surface area contributed by atoms with E-state index in [0.717, 1.165) is 11.6 Å². The summed E-state index contributed by atoms with van der Waals surface area (Å²) >= 11 is 0. The number of rotatable bonds is 6. The van der Waals surface area contributed by atoms with Gasteiger partial charge in [-0.3, -0.25) is 4.79 Å². The summed E-state index contributed by atoms with van der Waals surface area (Å²) in [6, 6.07) is 8.26. The summed E-state index contributed by atoms with van der Waals surface area (Å²) < 4.78 is 5.30. The summed E-state index contributed by atoms with van der Waals surface area (Å²) in [6.45, 7) is 5.20. The zero-order valence-electron chi connectivity index (χ0n) is 13.4. The number of hydrogen-bond acceptors (Lipinski definition) is 4. The minimum absolute atomic E-state index is 0.252. The lowest BCUT2D eigenvalue weighted by molar-refractivity contribution is -0.158. The average Bonchev–Trinajstić information content (AvgIpc) is 2.43. The Labute approximate surface area is 135 Å². The smallest absolute Gasteiger partial charge is 0.329 e. The number of ether oxygens (including phenoxy) is 1. The lowest BCUT2D eigenvalue weighted by Gasteiger charge is -2.24. The van der Waals surface area contributed by atoms with Crippen molar-refractivity contribution in [2.45, 2.75) is 38.8 Å². The van der Waals surface area contributed by atoms with Crippen molar-refractivity contribution in [1.82, 2.24) is 5.32 Å². The van der Waals surface area contributed by atoms with E-state index in [1.807, 2.05) is 30.3 Å². The summed E-state index contributed by atoms with van der Waals surface area (Å²) in [5, 5.41) is 11.0. The maximum atomic E-state index is 12.3. The highest BCUT2D eigenvalue weighted by Crippen LogP contribution is 2.11. The van der Waals surface area contributed by atoms with Gasteiger partial charge in [-0.15, -0.1) is 0 Å². The van der Waals surface area contributed by atoms with Crippen LogP contribution < -0.4 is 5.32 Å². The van der Waals surface area contributed by atoms with E-state index < -0.39 is 29.5 Å². The Kier molecular flexibility index (Phi) is 6.50. The molecule has 6 heteroatoms. The SMILES string of the molecule is CC(C)(C)OC(=O)C(Cc1ccccc1)NC(=O)/C=C\C(=O)O. The van der Waals surface area contributed by atoms with Gasteiger partial charge in [0.15, 0.2) is 0 Å². The summed E-state index contributed by atoms with van der Waals surface area (Å²) in [6.07, 6.45) is 1.83. The Morgan fingerprint density at radius 2 is 1.78 bits per heavy atom. The molecule has 2 N–H and O–H groups in total. The second-order valence-electron chi connectivity index (χ2n) is 5.96. The standard InChI is InChI=1S/C17H21NO5/c1-17(2,3)23-16(22)13(11-12-7-5-4-6-8-12)18-14(19)9-10-15(20)21/h4-10,13H,11H2,1-3H3,(H,18,19)(H,20,21)/b10-9-. The first-order valence-corrected chi connectivity index (χ1v) is 7.15. The topological polar surface area (TPSA) is 92.7 Å². The number of carbonyl (C=O) groups is 3. The van der Waals surface area contributed by atoms with Gasteiger partial charge in [0.25, 0.3) is 0 Å². The molecular formula is C17H21NO5. The van der Waals surface area contributed by atoms with E-state index in [1.54, 1.807) is 20.8 Å². The molecule has 0 radical (unpaired) electrons. The van der Waals surface area contributed by atoms with E-state index >= 15 is 0 Å². The van der Waals surface area contributed by atoms with Crippen LogP contribution in [0.1, 0.15) is 26.3 Å². The molecule has 0 saturated carbocycles. The van der Waals surface area contributed by atoms with Crippen molar-refractivity contribution in [2.24, 2.45) is 0 Å². The van der Waals surface area contributed by atoms with Crippen LogP contribution in [0.2, 0.25) is 0 Å². The fourth-order valence-electron chi connectivity index (χ4n) is 1.78. The molecule has 0 aromatic heterocycles. The number of hydrogen-bond donors (Lipinski definition) is 2. The molecule has 0 aliphatic rings. The molecule has 1 atom stereocenters. The maximum Gasteiger partial charge on any atom is 0.329 e. The van der Waals surface area contributed by atoms with E-state index in [2.05, 4.69) is 5.32 Å². The number of aliphatic carboxylic acids is 1. The van der Waals surface area contributed by atoms with Crippen LogP contribution in [0.25, 0.3) is 0 Å². The second-order valence-corrected chi connectivity index (χ2v) is 5.96. The van der Waals surface area contributed by atoms with Crippen LogP contribution in [0.15, 0.2) is 42.5 Å². The predicted molar refractivity (Wildman–Crippen MR) is 84.7 cm³/mol. The van der Waals surface area contributed by atoms with Gasteiger partial charge >= 0.3 is 11.9 Å². The van der Waals surface area contributed by atoms with Crippen LogP contribution in [-0.4, -0.2) is 34.6 Å². The fourth-order valence-corrected chi connectivity index (χ4v) is 1.78. The highest BCUT2D eigenvalue weighted by atomic mass is 16.6. The molecule has 23 heavy (non-hydrogen) atoms. The average molecular weight is 319 g/mol. The summed E-state index contributed by atoms with van der Waals surface area (Å²) in [7, 11) is 0. The molecule has 0 aliphatic heterocycles. The molecule has 0 spiro atoms. The first-order valence-electron chi connectivity index (χ1n) is 7.15. The van der Waals surface area contributed by atoms with E-state index in [4.69, 9.17) is 9.84 Å². The number of carbonyl (C=O) groups excluding carboxylic acids is 2. The third-order valence-electron chi connectivity index (χ3n) is 2.67. The highest BCUT2D eigenvalue weighted by molar-refractivity contribution is 5.96. The van der Waals surface area contributed by atoms with Crippen LogP contribution in [0.5, 0.6) is 0 Å². The molecule has 124 valence electrons. The van der Waals surface area contributed by atoms with E-state index in [1.165, 1.54) is 0 Å². The molecule has 0 aliphatic carbocycles. The molecule has 0 fully saturated rings. The Balaban J connectivity index is 2.85. The maximum absolute atomic E-state index is 12.3. The molecule has 0 saturated heterocycles. The minimum Gasteiger partial charge on any atom is -0.478 e. The number of amides is 1. The van der Waals surface area contributed by atoms with Crippen molar-refractivity contribution in [2.75, 3.05) is 0 Å². The molecular weight excluding hydrogens is 298 g/mol. The van der Waals surface area contributed by atoms with Crippen molar-refractivity contribution < 1.29 is 24.2 Å². The number of carboxylic acid groups (broad SMARTS) is 1. The Morgan fingerprint density at radius 3 is 2.30 bits per heavy atom. The zero-order chi connectivity index (χ0) is 17.5.